The number of hydrogen-bond acceptors (Lipinski definition) is 8. The average molecular weight is 481 g/mol. The third-order valence-corrected chi connectivity index (χ3v) is 7.15. The van der Waals surface area contributed by atoms with Gasteiger partial charge in [-0.3, -0.25) is 9.20 Å². The van der Waals surface area contributed by atoms with Crippen molar-refractivity contribution in [1.29, 1.82) is 5.26 Å². The second-order valence-electron chi connectivity index (χ2n) is 8.93. The number of imidazole rings is 1. The van der Waals surface area contributed by atoms with Crippen LogP contribution in [0, 0.1) is 11.3 Å². The van der Waals surface area contributed by atoms with Gasteiger partial charge in [0.1, 0.15) is 29.2 Å². The minimum absolute atomic E-state index is 0.132. The second-order valence-corrected chi connectivity index (χ2v) is 9.33. The fraction of sp³-hybridized carbons (Fsp3) is 0.435. The first-order valence-corrected chi connectivity index (χ1v) is 11.7. The summed E-state index contributed by atoms with van der Waals surface area (Å²) in [7, 11) is 0. The van der Waals surface area contributed by atoms with Crippen LogP contribution in [0.2, 0.25) is 5.02 Å². The molecule has 34 heavy (non-hydrogen) atoms. The maximum Gasteiger partial charge on any atom is 0.277 e. The number of fused-ring (bicyclic) bond motifs is 3. The van der Waals surface area contributed by atoms with E-state index in [2.05, 4.69) is 21.2 Å². The molecule has 4 aromatic rings. The van der Waals surface area contributed by atoms with Crippen molar-refractivity contribution in [3.05, 3.63) is 45.3 Å². The maximum absolute atomic E-state index is 13.8. The third-order valence-electron chi connectivity index (χ3n) is 6.84. The number of nitriles is 1. The van der Waals surface area contributed by atoms with Gasteiger partial charge in [0, 0.05) is 6.61 Å². The highest BCUT2D eigenvalue weighted by Gasteiger charge is 2.39. The first kappa shape index (κ1) is 21.3. The molecule has 0 amide bonds. The molecule has 4 heterocycles. The maximum atomic E-state index is 13.8. The smallest absolute Gasteiger partial charge is 0.277 e. The molecule has 6 rings (SSSR count). The van der Waals surface area contributed by atoms with Crippen LogP contribution in [-0.2, 0) is 16.9 Å². The van der Waals surface area contributed by atoms with Crippen molar-refractivity contribution >= 4 is 28.2 Å². The van der Waals surface area contributed by atoms with Crippen LogP contribution in [0.4, 0.5) is 0 Å². The molecule has 1 saturated carbocycles. The number of benzene rings is 1. The highest BCUT2D eigenvalue weighted by atomic mass is 35.5. The minimum Gasteiger partial charge on any atom is -0.380 e. The molecule has 2 aliphatic rings. The summed E-state index contributed by atoms with van der Waals surface area (Å²) in [6.45, 7) is 0.917. The van der Waals surface area contributed by atoms with Gasteiger partial charge in [-0.05, 0) is 50.7 Å². The number of nitrogens with zero attached hydrogens (tertiary/aromatic N) is 6. The molecule has 1 aromatic carbocycles. The van der Waals surface area contributed by atoms with Crippen LogP contribution in [-0.4, -0.2) is 41.9 Å². The van der Waals surface area contributed by atoms with Gasteiger partial charge in [-0.1, -0.05) is 16.8 Å². The highest BCUT2D eigenvalue weighted by Crippen LogP contribution is 2.38. The van der Waals surface area contributed by atoms with Crippen LogP contribution in [0.3, 0.4) is 0 Å². The van der Waals surface area contributed by atoms with Crippen LogP contribution in [0.5, 0.6) is 0 Å². The molecule has 1 unspecified atom stereocenters. The predicted molar refractivity (Wildman–Crippen MR) is 121 cm³/mol. The summed E-state index contributed by atoms with van der Waals surface area (Å²) in [5.74, 6) is 0.271. The van der Waals surface area contributed by atoms with Crippen molar-refractivity contribution in [2.24, 2.45) is 0 Å². The molecule has 0 spiro atoms. The molecule has 1 atom stereocenters. The average Bonchev–Trinajstić information content (AvgIpc) is 3.63. The molecule has 11 heteroatoms. The molecule has 1 N–H and O–H groups in total. The van der Waals surface area contributed by atoms with Crippen molar-refractivity contribution in [3.63, 3.8) is 0 Å². The van der Waals surface area contributed by atoms with E-state index in [0.717, 1.165) is 25.7 Å². The van der Waals surface area contributed by atoms with E-state index in [1.54, 1.807) is 21.1 Å². The Labute approximate surface area is 198 Å². The molecule has 3 aromatic heterocycles. The monoisotopic (exact) mass is 480 g/mol. The molecule has 0 bridgehead atoms. The summed E-state index contributed by atoms with van der Waals surface area (Å²) in [6.07, 6.45) is 5.95. The zero-order valence-electron chi connectivity index (χ0n) is 18.2. The van der Waals surface area contributed by atoms with Gasteiger partial charge >= 0.3 is 0 Å². The first-order chi connectivity index (χ1) is 16.5. The molecule has 2 fully saturated rings. The van der Waals surface area contributed by atoms with Gasteiger partial charge in [0.15, 0.2) is 0 Å². The van der Waals surface area contributed by atoms with E-state index >= 15 is 0 Å². The van der Waals surface area contributed by atoms with Gasteiger partial charge in [-0.25, -0.2) is 4.98 Å². The highest BCUT2D eigenvalue weighted by molar-refractivity contribution is 6.32. The van der Waals surface area contributed by atoms with Crippen LogP contribution in [0.1, 0.15) is 50.0 Å². The lowest BCUT2D eigenvalue weighted by atomic mass is 10.0. The number of rotatable bonds is 4. The Bertz CT molecular complexity index is 1520. The van der Waals surface area contributed by atoms with Gasteiger partial charge in [0.2, 0.25) is 5.82 Å². The van der Waals surface area contributed by atoms with Gasteiger partial charge < -0.3 is 18.9 Å². The van der Waals surface area contributed by atoms with E-state index in [0.29, 0.717) is 30.5 Å². The van der Waals surface area contributed by atoms with Crippen molar-refractivity contribution < 1.29 is 14.4 Å². The lowest BCUT2D eigenvalue weighted by molar-refractivity contribution is 0.0112. The summed E-state index contributed by atoms with van der Waals surface area (Å²) in [4.78, 5) is 22.7. The SMILES string of the molecule is N#Cc1c(Cl)ccc2c1n(CC1CCCO1)c(=O)c1c(-c3noc(C4(O)CCCC4)n3)ncn12. The van der Waals surface area contributed by atoms with Crippen molar-refractivity contribution in [3.8, 4) is 17.6 Å². The van der Waals surface area contributed by atoms with Crippen molar-refractivity contribution in [2.75, 3.05) is 6.61 Å². The molecule has 1 saturated heterocycles. The largest absolute Gasteiger partial charge is 0.380 e. The molecule has 1 aliphatic carbocycles. The molecule has 174 valence electrons. The van der Waals surface area contributed by atoms with Crippen LogP contribution in [0.25, 0.3) is 28.1 Å². The van der Waals surface area contributed by atoms with Gasteiger partial charge in [0.05, 0.1) is 34.3 Å². The van der Waals surface area contributed by atoms with Gasteiger partial charge in [-0.15, -0.1) is 0 Å². The van der Waals surface area contributed by atoms with Gasteiger partial charge in [-0.2, -0.15) is 10.2 Å². The standard InChI is InChI=1S/C23H21ClN6O4/c24-15-5-6-16-18(14(15)10-25)29(11-13-4-3-9-33-13)21(31)19-17(26-12-30(16)19)20-27-22(34-28-20)23(32)7-1-2-8-23/h5-6,12-13,32H,1-4,7-9,11H2. The Morgan fingerprint density at radius 3 is 2.82 bits per heavy atom. The summed E-state index contributed by atoms with van der Waals surface area (Å²) in [5, 5.41) is 24.9. The zero-order valence-corrected chi connectivity index (χ0v) is 19.0. The molecule has 1 aliphatic heterocycles. The Hall–Kier alpha value is -3.26. The summed E-state index contributed by atoms with van der Waals surface area (Å²) < 4.78 is 14.3. The Kier molecular flexibility index (Phi) is 4.95. The second kappa shape index (κ2) is 7.91. The third kappa shape index (κ3) is 3.15. The molecular formula is C23H21ClN6O4. The van der Waals surface area contributed by atoms with Gasteiger partial charge in [0.25, 0.3) is 11.4 Å². The Balaban J connectivity index is 1.59. The lowest BCUT2D eigenvalue weighted by Gasteiger charge is -2.17. The molecular weight excluding hydrogens is 460 g/mol. The number of hydrogen-bond donors (Lipinski definition) is 1. The predicted octanol–water partition coefficient (Wildman–Crippen LogP) is 3.16. The zero-order chi connectivity index (χ0) is 23.4. The molecule has 0 radical (unpaired) electrons. The fourth-order valence-electron chi connectivity index (χ4n) is 5.11. The van der Waals surface area contributed by atoms with E-state index in [9.17, 15) is 15.2 Å². The van der Waals surface area contributed by atoms with Crippen molar-refractivity contribution in [1.82, 2.24) is 24.1 Å². The summed E-state index contributed by atoms with van der Waals surface area (Å²) in [5.41, 5.74) is 0.246. The Morgan fingerprint density at radius 1 is 1.26 bits per heavy atom. The van der Waals surface area contributed by atoms with Crippen LogP contribution in [0.15, 0.2) is 27.8 Å². The number of aliphatic hydroxyl groups is 1. The van der Waals surface area contributed by atoms with E-state index in [1.807, 2.05) is 0 Å². The van der Waals surface area contributed by atoms with Crippen LogP contribution >= 0.6 is 11.6 Å². The quantitative estimate of drug-likeness (QED) is 0.471. The first-order valence-electron chi connectivity index (χ1n) is 11.3. The topological polar surface area (TPSA) is 131 Å². The number of halogens is 1. The summed E-state index contributed by atoms with van der Waals surface area (Å²) >= 11 is 6.32. The Morgan fingerprint density at radius 2 is 2.09 bits per heavy atom. The van der Waals surface area contributed by atoms with E-state index < -0.39 is 5.60 Å². The lowest BCUT2D eigenvalue weighted by Crippen LogP contribution is -2.29. The van der Waals surface area contributed by atoms with E-state index in [1.165, 1.54) is 6.33 Å². The minimum atomic E-state index is -1.15. The van der Waals surface area contributed by atoms with E-state index in [-0.39, 0.29) is 51.7 Å². The summed E-state index contributed by atoms with van der Waals surface area (Å²) in [6, 6.07) is 5.52. The molecule has 10 nitrogen and oxygen atoms in total. The fourth-order valence-corrected chi connectivity index (χ4v) is 5.30. The van der Waals surface area contributed by atoms with Crippen LogP contribution < -0.4 is 5.56 Å². The number of ether oxygens (including phenoxy) is 1. The number of aromatic nitrogens is 5. The van der Waals surface area contributed by atoms with Crippen molar-refractivity contribution in [2.45, 2.75) is 56.8 Å². The normalized spacial score (nSPS) is 19.9. The van der Waals surface area contributed by atoms with E-state index in [4.69, 9.17) is 20.9 Å².